The molecule has 0 spiro atoms. The van der Waals surface area contributed by atoms with E-state index in [2.05, 4.69) is 0 Å². The first-order valence-electron chi connectivity index (χ1n) is 6.90. The lowest BCUT2D eigenvalue weighted by Crippen LogP contribution is -2.63. The first-order valence-corrected chi connectivity index (χ1v) is 6.90. The molecule has 1 aromatic carbocycles. The zero-order chi connectivity index (χ0) is 15.7. The molecule has 2 rings (SSSR count). The van der Waals surface area contributed by atoms with Crippen LogP contribution in [-0.4, -0.2) is 34.6 Å². The topological polar surface area (TPSA) is 40.5 Å². The van der Waals surface area contributed by atoms with Gasteiger partial charge in [-0.05, 0) is 18.1 Å². The van der Waals surface area contributed by atoms with Gasteiger partial charge in [-0.3, -0.25) is 4.79 Å². The molecule has 0 atom stereocenters. The maximum atomic E-state index is 12.6. The van der Waals surface area contributed by atoms with Crippen molar-refractivity contribution in [3.05, 3.63) is 35.4 Å². The molecule has 116 valence electrons. The fourth-order valence-corrected chi connectivity index (χ4v) is 2.61. The number of hydrogen-bond donors (Lipinski definition) is 1. The van der Waals surface area contributed by atoms with Crippen molar-refractivity contribution in [1.29, 1.82) is 0 Å². The van der Waals surface area contributed by atoms with E-state index < -0.39 is 17.3 Å². The number of likely N-dealkylation sites (tertiary alicyclic amines) is 1. The van der Waals surface area contributed by atoms with E-state index in [9.17, 15) is 23.1 Å². The molecule has 0 aliphatic carbocycles. The second-order valence-corrected chi connectivity index (χ2v) is 5.60. The van der Waals surface area contributed by atoms with Crippen molar-refractivity contribution < 1.29 is 23.1 Å². The van der Waals surface area contributed by atoms with Gasteiger partial charge < -0.3 is 10.0 Å². The van der Waals surface area contributed by atoms with E-state index in [1.165, 1.54) is 17.0 Å². The minimum atomic E-state index is -4.41. The van der Waals surface area contributed by atoms with Crippen LogP contribution in [0.25, 0.3) is 0 Å². The predicted molar refractivity (Wildman–Crippen MR) is 71.6 cm³/mol. The van der Waals surface area contributed by atoms with Gasteiger partial charge in [0.1, 0.15) is 0 Å². The van der Waals surface area contributed by atoms with Gasteiger partial charge in [0.15, 0.2) is 0 Å². The Kier molecular flexibility index (Phi) is 4.27. The third-order valence-electron chi connectivity index (χ3n) is 3.65. The molecule has 0 unspecified atom stereocenters. The van der Waals surface area contributed by atoms with E-state index in [1.54, 1.807) is 0 Å². The Hall–Kier alpha value is -1.56. The van der Waals surface area contributed by atoms with Crippen LogP contribution in [0.5, 0.6) is 0 Å². The average Bonchev–Trinajstić information content (AvgIpc) is 2.35. The van der Waals surface area contributed by atoms with Crippen LogP contribution in [0.4, 0.5) is 13.2 Å². The molecule has 1 fully saturated rings. The Balaban J connectivity index is 1.96. The third-order valence-corrected chi connectivity index (χ3v) is 3.65. The lowest BCUT2D eigenvalue weighted by atomic mass is 9.89. The van der Waals surface area contributed by atoms with E-state index in [1.807, 2.05) is 6.92 Å². The van der Waals surface area contributed by atoms with E-state index in [4.69, 9.17) is 0 Å². The van der Waals surface area contributed by atoms with E-state index in [-0.39, 0.29) is 25.4 Å². The fraction of sp³-hybridized carbons (Fsp3) is 0.533. The Morgan fingerprint density at radius 3 is 2.62 bits per heavy atom. The summed E-state index contributed by atoms with van der Waals surface area (Å²) in [6.07, 6.45) is -3.03. The molecule has 0 bridgehead atoms. The molecule has 1 amide bonds. The van der Waals surface area contributed by atoms with Gasteiger partial charge in [-0.2, -0.15) is 13.2 Å². The summed E-state index contributed by atoms with van der Waals surface area (Å²) in [7, 11) is 0. The summed E-state index contributed by atoms with van der Waals surface area (Å²) >= 11 is 0. The smallest absolute Gasteiger partial charge is 0.386 e. The number of nitrogens with zero attached hydrogens (tertiary/aromatic N) is 1. The van der Waals surface area contributed by atoms with Crippen LogP contribution in [0, 0.1) is 0 Å². The summed E-state index contributed by atoms with van der Waals surface area (Å²) in [6, 6.07) is 4.79. The Morgan fingerprint density at radius 2 is 2.05 bits per heavy atom. The summed E-state index contributed by atoms with van der Waals surface area (Å²) in [4.78, 5) is 13.5. The molecule has 6 heteroatoms. The van der Waals surface area contributed by atoms with Gasteiger partial charge in [0.05, 0.1) is 30.7 Å². The van der Waals surface area contributed by atoms with E-state index in [0.29, 0.717) is 12.0 Å². The first kappa shape index (κ1) is 15.8. The van der Waals surface area contributed by atoms with Crippen molar-refractivity contribution in [2.24, 2.45) is 0 Å². The van der Waals surface area contributed by atoms with Crippen molar-refractivity contribution in [2.75, 3.05) is 13.1 Å². The Morgan fingerprint density at radius 1 is 1.38 bits per heavy atom. The zero-order valence-electron chi connectivity index (χ0n) is 11.8. The molecule has 1 saturated heterocycles. The number of halogens is 3. The van der Waals surface area contributed by atoms with Gasteiger partial charge in [0.2, 0.25) is 5.91 Å². The van der Waals surface area contributed by atoms with Gasteiger partial charge in [-0.25, -0.2) is 0 Å². The molecule has 1 N–H and O–H groups in total. The molecule has 3 nitrogen and oxygen atoms in total. The molecule has 21 heavy (non-hydrogen) atoms. The highest BCUT2D eigenvalue weighted by atomic mass is 19.4. The van der Waals surface area contributed by atoms with E-state index >= 15 is 0 Å². The highest BCUT2D eigenvalue weighted by molar-refractivity contribution is 5.80. The summed E-state index contributed by atoms with van der Waals surface area (Å²) in [5, 5.41) is 10.0. The maximum Gasteiger partial charge on any atom is 0.416 e. The van der Waals surface area contributed by atoms with Gasteiger partial charge in [-0.15, -0.1) is 0 Å². The van der Waals surface area contributed by atoms with Crippen molar-refractivity contribution in [2.45, 2.75) is 38.0 Å². The highest BCUT2D eigenvalue weighted by Gasteiger charge is 2.42. The van der Waals surface area contributed by atoms with Crippen LogP contribution in [0.1, 0.15) is 30.9 Å². The summed E-state index contributed by atoms with van der Waals surface area (Å²) in [5.74, 6) is -0.255. The number of hydrogen-bond acceptors (Lipinski definition) is 2. The van der Waals surface area contributed by atoms with Crippen LogP contribution in [0.3, 0.4) is 0 Å². The second-order valence-electron chi connectivity index (χ2n) is 5.60. The SMILES string of the molecule is CCCC1(O)CN(C(=O)Cc2cccc(C(F)(F)F)c2)C1. The Labute approximate surface area is 121 Å². The lowest BCUT2D eigenvalue weighted by Gasteiger charge is -2.46. The fourth-order valence-electron chi connectivity index (χ4n) is 2.61. The number of β-amino-alcohol motifs (C(OH)–C–C–N with tert-alkyl or cyclic N) is 1. The van der Waals surface area contributed by atoms with Gasteiger partial charge in [-0.1, -0.05) is 31.5 Å². The molecular formula is C15H18F3NO2. The predicted octanol–water partition coefficient (Wildman–Crippen LogP) is 2.62. The molecule has 1 aliphatic heterocycles. The van der Waals surface area contributed by atoms with Crippen LogP contribution in [0.2, 0.25) is 0 Å². The highest BCUT2D eigenvalue weighted by Crippen LogP contribution is 2.30. The number of carbonyl (C=O) groups excluding carboxylic acids is 1. The van der Waals surface area contributed by atoms with Crippen LogP contribution in [0.15, 0.2) is 24.3 Å². The normalized spacial score (nSPS) is 17.5. The third kappa shape index (κ3) is 3.75. The molecule has 0 aromatic heterocycles. The monoisotopic (exact) mass is 301 g/mol. The number of alkyl halides is 3. The maximum absolute atomic E-state index is 12.6. The zero-order valence-corrected chi connectivity index (χ0v) is 11.8. The molecule has 1 heterocycles. The van der Waals surface area contributed by atoms with Crippen molar-refractivity contribution in [1.82, 2.24) is 4.90 Å². The second kappa shape index (κ2) is 5.67. The summed E-state index contributed by atoms with van der Waals surface area (Å²) in [6.45, 7) is 2.47. The number of carbonyl (C=O) groups is 1. The van der Waals surface area contributed by atoms with E-state index in [0.717, 1.165) is 18.6 Å². The lowest BCUT2D eigenvalue weighted by molar-refractivity contribution is -0.155. The largest absolute Gasteiger partial charge is 0.416 e. The minimum absolute atomic E-state index is 0.0773. The van der Waals surface area contributed by atoms with Crippen molar-refractivity contribution >= 4 is 5.91 Å². The first-order chi connectivity index (χ1) is 9.73. The molecule has 0 radical (unpaired) electrons. The van der Waals surface area contributed by atoms with Gasteiger partial charge in [0.25, 0.3) is 0 Å². The number of rotatable bonds is 4. The molecular weight excluding hydrogens is 283 g/mol. The van der Waals surface area contributed by atoms with Crippen molar-refractivity contribution in [3.8, 4) is 0 Å². The quantitative estimate of drug-likeness (QED) is 0.928. The number of amides is 1. The molecule has 1 aromatic rings. The molecule has 0 saturated carbocycles. The summed E-state index contributed by atoms with van der Waals surface area (Å²) in [5.41, 5.74) is -1.24. The summed E-state index contributed by atoms with van der Waals surface area (Å²) < 4.78 is 37.8. The number of benzene rings is 1. The average molecular weight is 301 g/mol. The standard InChI is InChI=1S/C15H18F3NO2/c1-2-6-14(21)9-19(10-14)13(20)8-11-4-3-5-12(7-11)15(16,17)18/h3-5,7,21H,2,6,8-10H2,1H3. The molecule has 1 aliphatic rings. The van der Waals surface area contributed by atoms with Crippen LogP contribution >= 0.6 is 0 Å². The van der Waals surface area contributed by atoms with Crippen LogP contribution in [-0.2, 0) is 17.4 Å². The van der Waals surface area contributed by atoms with Crippen LogP contribution < -0.4 is 0 Å². The van der Waals surface area contributed by atoms with Gasteiger partial charge >= 0.3 is 6.18 Å². The Bertz CT molecular complexity index is 522. The van der Waals surface area contributed by atoms with Gasteiger partial charge in [0, 0.05) is 0 Å². The number of aliphatic hydroxyl groups is 1. The van der Waals surface area contributed by atoms with Crippen molar-refractivity contribution in [3.63, 3.8) is 0 Å². The minimum Gasteiger partial charge on any atom is -0.386 e.